The van der Waals surface area contributed by atoms with Crippen molar-refractivity contribution in [3.8, 4) is 0 Å². The number of nitrogens with one attached hydrogen (secondary N) is 2. The van der Waals surface area contributed by atoms with Crippen molar-refractivity contribution in [1.82, 2.24) is 15.3 Å². The summed E-state index contributed by atoms with van der Waals surface area (Å²) >= 11 is 0. The standard InChI is InChI=1S/C11H21N3O/c1-3-6-15-7-4-5-12-8-11-9-13-10(2)14-11/h9,12H,3-8H2,1-2H3,(H,13,14). The van der Waals surface area contributed by atoms with Crippen LogP contribution in [0.3, 0.4) is 0 Å². The Morgan fingerprint density at radius 1 is 1.47 bits per heavy atom. The van der Waals surface area contributed by atoms with Gasteiger partial charge < -0.3 is 15.0 Å². The smallest absolute Gasteiger partial charge is 0.103 e. The fourth-order valence-electron chi connectivity index (χ4n) is 1.33. The zero-order valence-corrected chi connectivity index (χ0v) is 9.68. The zero-order valence-electron chi connectivity index (χ0n) is 9.68. The van der Waals surface area contributed by atoms with Gasteiger partial charge in [0.25, 0.3) is 0 Å². The van der Waals surface area contributed by atoms with Crippen molar-refractivity contribution in [3.63, 3.8) is 0 Å². The number of aromatic amines is 1. The average Bonchev–Trinajstić information content (AvgIpc) is 2.63. The van der Waals surface area contributed by atoms with Crippen LogP contribution in [0.2, 0.25) is 0 Å². The van der Waals surface area contributed by atoms with Gasteiger partial charge in [-0.15, -0.1) is 0 Å². The summed E-state index contributed by atoms with van der Waals surface area (Å²) in [7, 11) is 0. The van der Waals surface area contributed by atoms with E-state index in [0.717, 1.165) is 50.7 Å². The van der Waals surface area contributed by atoms with Crippen molar-refractivity contribution >= 4 is 0 Å². The Kier molecular flexibility index (Phi) is 6.04. The first-order valence-electron chi connectivity index (χ1n) is 5.62. The Hall–Kier alpha value is -0.870. The van der Waals surface area contributed by atoms with Gasteiger partial charge in [0.2, 0.25) is 0 Å². The number of rotatable bonds is 8. The van der Waals surface area contributed by atoms with E-state index in [1.54, 1.807) is 0 Å². The molecule has 0 saturated carbocycles. The van der Waals surface area contributed by atoms with Gasteiger partial charge in [-0.05, 0) is 26.3 Å². The summed E-state index contributed by atoms with van der Waals surface area (Å²) in [5.74, 6) is 0.970. The van der Waals surface area contributed by atoms with Crippen LogP contribution in [0.1, 0.15) is 31.3 Å². The van der Waals surface area contributed by atoms with Crippen LogP contribution in [0.15, 0.2) is 6.20 Å². The first kappa shape index (κ1) is 12.2. The van der Waals surface area contributed by atoms with Crippen LogP contribution in [0.4, 0.5) is 0 Å². The van der Waals surface area contributed by atoms with Crippen molar-refractivity contribution in [2.45, 2.75) is 33.2 Å². The molecule has 86 valence electrons. The highest BCUT2D eigenvalue weighted by molar-refractivity contribution is 4.98. The van der Waals surface area contributed by atoms with Gasteiger partial charge in [-0.2, -0.15) is 0 Å². The highest BCUT2D eigenvalue weighted by atomic mass is 16.5. The maximum atomic E-state index is 5.38. The predicted molar refractivity (Wildman–Crippen MR) is 60.8 cm³/mol. The third-order valence-electron chi connectivity index (χ3n) is 2.06. The largest absolute Gasteiger partial charge is 0.381 e. The van der Waals surface area contributed by atoms with E-state index < -0.39 is 0 Å². The molecule has 1 heterocycles. The molecule has 1 aromatic heterocycles. The molecule has 2 N–H and O–H groups in total. The second-order valence-corrected chi connectivity index (χ2v) is 3.64. The van der Waals surface area contributed by atoms with Crippen LogP contribution in [-0.4, -0.2) is 29.7 Å². The summed E-state index contributed by atoms with van der Waals surface area (Å²) in [5, 5.41) is 3.34. The van der Waals surface area contributed by atoms with Crippen molar-refractivity contribution in [3.05, 3.63) is 17.7 Å². The number of H-pyrrole nitrogens is 1. The maximum Gasteiger partial charge on any atom is 0.103 e. The van der Waals surface area contributed by atoms with Crippen LogP contribution in [0.25, 0.3) is 0 Å². The van der Waals surface area contributed by atoms with Gasteiger partial charge in [-0.25, -0.2) is 4.98 Å². The van der Waals surface area contributed by atoms with Gasteiger partial charge in [0.1, 0.15) is 5.82 Å². The molecule has 0 atom stereocenters. The van der Waals surface area contributed by atoms with E-state index in [1.165, 1.54) is 0 Å². The number of aromatic nitrogens is 2. The van der Waals surface area contributed by atoms with Gasteiger partial charge in [0.15, 0.2) is 0 Å². The molecule has 0 radical (unpaired) electrons. The monoisotopic (exact) mass is 211 g/mol. The molecule has 0 bridgehead atoms. The van der Waals surface area contributed by atoms with Crippen LogP contribution in [-0.2, 0) is 11.3 Å². The molecule has 1 aromatic rings. The van der Waals surface area contributed by atoms with Crippen molar-refractivity contribution in [2.75, 3.05) is 19.8 Å². The molecular weight excluding hydrogens is 190 g/mol. The second-order valence-electron chi connectivity index (χ2n) is 3.64. The van der Waals surface area contributed by atoms with E-state index >= 15 is 0 Å². The fraction of sp³-hybridized carbons (Fsp3) is 0.727. The Morgan fingerprint density at radius 3 is 3.00 bits per heavy atom. The van der Waals surface area contributed by atoms with Crippen molar-refractivity contribution in [2.24, 2.45) is 0 Å². The fourth-order valence-corrected chi connectivity index (χ4v) is 1.33. The molecule has 0 fully saturated rings. The number of hydrogen-bond donors (Lipinski definition) is 2. The van der Waals surface area contributed by atoms with E-state index in [0.29, 0.717) is 0 Å². The number of imidazole rings is 1. The van der Waals surface area contributed by atoms with Crippen LogP contribution in [0, 0.1) is 6.92 Å². The SMILES string of the molecule is CCCOCCCNCc1cnc(C)[nH]1. The molecule has 15 heavy (non-hydrogen) atoms. The third kappa shape index (κ3) is 5.54. The van der Waals surface area contributed by atoms with Crippen LogP contribution in [0.5, 0.6) is 0 Å². The molecule has 1 rings (SSSR count). The first-order valence-corrected chi connectivity index (χ1v) is 5.62. The van der Waals surface area contributed by atoms with E-state index in [1.807, 2.05) is 13.1 Å². The van der Waals surface area contributed by atoms with Gasteiger partial charge >= 0.3 is 0 Å². The highest BCUT2D eigenvalue weighted by Gasteiger charge is 1.95. The Balaban J connectivity index is 1.93. The Bertz CT molecular complexity index is 260. The van der Waals surface area contributed by atoms with Gasteiger partial charge in [-0.1, -0.05) is 6.92 Å². The minimum atomic E-state index is 0.850. The number of aryl methyl sites for hydroxylation is 1. The molecular formula is C11H21N3O. The molecule has 0 aliphatic rings. The molecule has 0 spiro atoms. The quantitative estimate of drug-likeness (QED) is 0.642. The molecule has 0 aliphatic carbocycles. The predicted octanol–water partition coefficient (Wildman–Crippen LogP) is 1.62. The van der Waals surface area contributed by atoms with Gasteiger partial charge in [0, 0.05) is 31.6 Å². The molecule has 0 amide bonds. The molecule has 0 aromatic carbocycles. The topological polar surface area (TPSA) is 49.9 Å². The third-order valence-corrected chi connectivity index (χ3v) is 2.06. The van der Waals surface area contributed by atoms with Gasteiger partial charge in [-0.3, -0.25) is 0 Å². The maximum absolute atomic E-state index is 5.38. The van der Waals surface area contributed by atoms with E-state index in [2.05, 4.69) is 22.2 Å². The summed E-state index contributed by atoms with van der Waals surface area (Å²) < 4.78 is 5.38. The van der Waals surface area contributed by atoms with Crippen molar-refractivity contribution < 1.29 is 4.74 Å². The highest BCUT2D eigenvalue weighted by Crippen LogP contribution is 1.94. The van der Waals surface area contributed by atoms with Gasteiger partial charge in [0.05, 0.1) is 0 Å². The van der Waals surface area contributed by atoms with E-state index in [4.69, 9.17) is 4.74 Å². The molecule has 0 aliphatic heterocycles. The lowest BCUT2D eigenvalue weighted by Crippen LogP contribution is -2.16. The minimum Gasteiger partial charge on any atom is -0.381 e. The number of ether oxygens (including phenoxy) is 1. The number of nitrogens with zero attached hydrogens (tertiary/aromatic N) is 1. The normalized spacial score (nSPS) is 10.8. The molecule has 0 unspecified atom stereocenters. The average molecular weight is 211 g/mol. The number of hydrogen-bond acceptors (Lipinski definition) is 3. The lowest BCUT2D eigenvalue weighted by atomic mass is 10.4. The Morgan fingerprint density at radius 2 is 2.33 bits per heavy atom. The lowest BCUT2D eigenvalue weighted by Gasteiger charge is -2.03. The van der Waals surface area contributed by atoms with Crippen LogP contribution >= 0.6 is 0 Å². The second kappa shape index (κ2) is 7.43. The summed E-state index contributed by atoms with van der Waals surface area (Å²) in [6.45, 7) is 7.65. The van der Waals surface area contributed by atoms with E-state index in [9.17, 15) is 0 Å². The zero-order chi connectivity index (χ0) is 10.9. The molecule has 4 nitrogen and oxygen atoms in total. The summed E-state index contributed by atoms with van der Waals surface area (Å²) in [5.41, 5.74) is 1.14. The summed E-state index contributed by atoms with van der Waals surface area (Å²) in [4.78, 5) is 7.32. The summed E-state index contributed by atoms with van der Waals surface area (Å²) in [6.07, 6.45) is 4.03. The van der Waals surface area contributed by atoms with Crippen LogP contribution < -0.4 is 5.32 Å². The lowest BCUT2D eigenvalue weighted by molar-refractivity contribution is 0.132. The first-order chi connectivity index (χ1) is 7.33. The van der Waals surface area contributed by atoms with Crippen molar-refractivity contribution in [1.29, 1.82) is 0 Å². The van der Waals surface area contributed by atoms with E-state index in [-0.39, 0.29) is 0 Å². The Labute approximate surface area is 91.4 Å². The molecule has 4 heteroatoms. The molecule has 0 saturated heterocycles. The minimum absolute atomic E-state index is 0.850. The summed E-state index contributed by atoms with van der Waals surface area (Å²) in [6, 6.07) is 0.